The van der Waals surface area contributed by atoms with Gasteiger partial charge in [0.15, 0.2) is 0 Å². The third-order valence-corrected chi connectivity index (χ3v) is 25.9. The fourth-order valence-electron chi connectivity index (χ4n) is 2.48. The van der Waals surface area contributed by atoms with E-state index in [1.165, 1.54) is 57.1 Å². The molecular weight excluding hydrogens is 447 g/mol. The molecule has 7 heteroatoms. The zero-order valence-electron chi connectivity index (χ0n) is 15.1. The molecule has 0 spiro atoms. The predicted molar refractivity (Wildman–Crippen MR) is 108 cm³/mol. The topological polar surface area (TPSA) is 18.5 Å². The van der Waals surface area contributed by atoms with Gasteiger partial charge in [-0.3, -0.25) is 0 Å². The van der Waals surface area contributed by atoms with Crippen molar-refractivity contribution in [3.63, 3.8) is 0 Å². The molecule has 1 saturated heterocycles. The first kappa shape index (κ1) is 23.1. The van der Waals surface area contributed by atoms with E-state index in [9.17, 15) is 0 Å². The molecule has 0 aromatic rings. The Morgan fingerprint density at radius 3 is 1.96 bits per heavy atom. The van der Waals surface area contributed by atoms with Crippen LogP contribution in [-0.2, 0) is 27.9 Å². The van der Waals surface area contributed by atoms with Crippen LogP contribution < -0.4 is 0 Å². The summed E-state index contributed by atoms with van der Waals surface area (Å²) in [6.07, 6.45) is 10.4. The van der Waals surface area contributed by atoms with Crippen molar-refractivity contribution >= 4 is 36.9 Å². The molecule has 1 aliphatic heterocycles. The van der Waals surface area contributed by atoms with Gasteiger partial charge in [0, 0.05) is 0 Å². The average molecular weight is 482 g/mol. The first-order chi connectivity index (χ1) is 11.1. The Labute approximate surface area is 167 Å². The molecule has 0 radical (unpaired) electrons. The van der Waals surface area contributed by atoms with Crippen molar-refractivity contribution in [1.29, 1.82) is 0 Å². The van der Waals surface area contributed by atoms with Crippen LogP contribution >= 0.6 is 36.9 Å². The van der Waals surface area contributed by atoms with Crippen molar-refractivity contribution in [1.82, 2.24) is 0 Å². The van der Waals surface area contributed by atoms with Crippen molar-refractivity contribution in [2.45, 2.75) is 79.1 Å². The summed E-state index contributed by atoms with van der Waals surface area (Å²) in [7, 11) is 3.77. The molecule has 0 aromatic heterocycles. The standard InChI is InChI=1S/C16H34O2PS3.Mo/c1-5-9-11-15(7-3)13-18-19(17,21-22-19)20-14-16(8-4)12-10-6-2;/h15-16H,5-14H2,1-4H3;/q-1;+1. The van der Waals surface area contributed by atoms with E-state index in [0.717, 1.165) is 12.5 Å². The van der Waals surface area contributed by atoms with Gasteiger partial charge in [-0.1, -0.05) is 0 Å². The first-order valence-electron chi connectivity index (χ1n) is 9.10. The van der Waals surface area contributed by atoms with E-state index in [4.69, 9.17) is 7.70 Å². The van der Waals surface area contributed by atoms with Crippen molar-refractivity contribution in [2.24, 2.45) is 11.8 Å². The summed E-state index contributed by atoms with van der Waals surface area (Å²) in [6.45, 7) is 10.0. The Balaban J connectivity index is 2.50. The summed E-state index contributed by atoms with van der Waals surface area (Å²) in [4.78, 5) is 0. The Hall–Kier alpha value is 2.09. The summed E-state index contributed by atoms with van der Waals surface area (Å²) >= 11 is 3.79. The molecule has 2 nitrogen and oxygen atoms in total. The van der Waals surface area contributed by atoms with Crippen molar-refractivity contribution in [3.05, 3.63) is 0 Å². The minimum absolute atomic E-state index is 0.690. The van der Waals surface area contributed by atoms with E-state index in [1.54, 1.807) is 20.2 Å². The van der Waals surface area contributed by atoms with Crippen LogP contribution in [0.5, 0.6) is 0 Å². The molecule has 23 heavy (non-hydrogen) atoms. The fraction of sp³-hybridized carbons (Fsp3) is 1.00. The van der Waals surface area contributed by atoms with Crippen LogP contribution in [0, 0.1) is 11.8 Å². The molecular formula is C16H34MoO2PS3. The second-order valence-electron chi connectivity index (χ2n) is 6.39. The fourth-order valence-corrected chi connectivity index (χ4v) is 22.6. The van der Waals surface area contributed by atoms with E-state index < -0.39 is 4.66 Å². The van der Waals surface area contributed by atoms with Crippen LogP contribution in [0.3, 0.4) is 0 Å². The van der Waals surface area contributed by atoms with Crippen LogP contribution in [-0.4, -0.2) is 12.4 Å². The molecule has 0 saturated carbocycles. The van der Waals surface area contributed by atoms with Crippen LogP contribution in [0.2, 0.25) is 0 Å². The number of unbranched alkanes of at least 4 members (excludes halogenated alkanes) is 2. The molecule has 2 atom stereocenters. The SMILES string of the molecule is CCCCC(CC)COP1([O][Mo])(SCC(CC)CCCC)SS1. The molecule has 2 unspecified atom stereocenters. The van der Waals surface area contributed by atoms with E-state index in [0.29, 0.717) is 5.92 Å². The molecule has 0 aliphatic carbocycles. The molecule has 0 amide bonds. The van der Waals surface area contributed by atoms with Crippen molar-refractivity contribution < 1.29 is 27.9 Å². The van der Waals surface area contributed by atoms with Gasteiger partial charge in [0.25, 0.3) is 0 Å². The molecule has 139 valence electrons. The third kappa shape index (κ3) is 7.69. The molecule has 0 bridgehead atoms. The number of hydrogen-bond acceptors (Lipinski definition) is 5. The van der Waals surface area contributed by atoms with Gasteiger partial charge in [0.05, 0.1) is 0 Å². The van der Waals surface area contributed by atoms with Crippen molar-refractivity contribution in [3.8, 4) is 0 Å². The molecule has 0 aromatic carbocycles. The normalized spacial score (nSPS) is 22.9. The Morgan fingerprint density at radius 1 is 0.957 bits per heavy atom. The van der Waals surface area contributed by atoms with Gasteiger partial charge in [0.1, 0.15) is 0 Å². The minimum atomic E-state index is -2.43. The Bertz CT molecular complexity index is 308. The van der Waals surface area contributed by atoms with Gasteiger partial charge in [0.2, 0.25) is 0 Å². The number of hydrogen-bond donors (Lipinski definition) is 0. The zero-order chi connectivity index (χ0) is 17.2. The second kappa shape index (κ2) is 11.7. The Kier molecular flexibility index (Phi) is 11.8. The molecule has 1 fully saturated rings. The maximum absolute atomic E-state index is 6.53. The molecule has 1 aliphatic rings. The second-order valence-corrected chi connectivity index (χ2v) is 22.7. The monoisotopic (exact) mass is 483 g/mol. The van der Waals surface area contributed by atoms with Crippen LogP contribution in [0.4, 0.5) is 0 Å². The maximum atomic E-state index is 6.53. The van der Waals surface area contributed by atoms with Crippen LogP contribution in [0.1, 0.15) is 79.1 Å². The molecule has 0 N–H and O–H groups in total. The predicted octanol–water partition coefficient (Wildman–Crippen LogP) is 8.17. The summed E-state index contributed by atoms with van der Waals surface area (Å²) in [5, 5.41) is 0. The molecule has 1 rings (SSSR count). The van der Waals surface area contributed by atoms with E-state index in [1.807, 2.05) is 32.2 Å². The Morgan fingerprint density at radius 2 is 1.52 bits per heavy atom. The van der Waals surface area contributed by atoms with Crippen molar-refractivity contribution in [2.75, 3.05) is 12.4 Å². The molecule has 1 heterocycles. The summed E-state index contributed by atoms with van der Waals surface area (Å²) in [5.41, 5.74) is 0. The average Bonchev–Trinajstić information content (AvgIpc) is 3.32. The quantitative estimate of drug-likeness (QED) is 0.101. The first-order valence-corrected chi connectivity index (χ1v) is 16.9. The zero-order valence-corrected chi connectivity index (χ0v) is 20.5. The van der Waals surface area contributed by atoms with Gasteiger partial charge in [-0.2, -0.15) is 0 Å². The summed E-state index contributed by atoms with van der Waals surface area (Å²) in [6, 6.07) is 0. The summed E-state index contributed by atoms with van der Waals surface area (Å²) in [5.74, 6) is 2.69. The van der Waals surface area contributed by atoms with E-state index in [-0.39, 0.29) is 0 Å². The van der Waals surface area contributed by atoms with Gasteiger partial charge in [-0.15, -0.1) is 0 Å². The van der Waals surface area contributed by atoms with E-state index >= 15 is 0 Å². The van der Waals surface area contributed by atoms with Crippen LogP contribution in [0.25, 0.3) is 0 Å². The van der Waals surface area contributed by atoms with Gasteiger partial charge >= 0.3 is 168 Å². The van der Waals surface area contributed by atoms with Gasteiger partial charge in [-0.25, -0.2) is 0 Å². The number of rotatable bonds is 15. The summed E-state index contributed by atoms with van der Waals surface area (Å²) < 4.78 is 10.1. The van der Waals surface area contributed by atoms with E-state index in [2.05, 4.69) is 27.7 Å². The van der Waals surface area contributed by atoms with Gasteiger partial charge in [-0.05, 0) is 0 Å². The van der Waals surface area contributed by atoms with Crippen LogP contribution in [0.15, 0.2) is 0 Å². The third-order valence-electron chi connectivity index (χ3n) is 4.51. The van der Waals surface area contributed by atoms with Gasteiger partial charge < -0.3 is 0 Å².